The van der Waals surface area contributed by atoms with E-state index in [0.29, 0.717) is 5.69 Å². The van der Waals surface area contributed by atoms with Crippen molar-refractivity contribution in [2.24, 2.45) is 5.73 Å². The van der Waals surface area contributed by atoms with Crippen LogP contribution in [0.25, 0.3) is 44.8 Å². The van der Waals surface area contributed by atoms with Crippen LogP contribution in [-0.2, 0) is 0 Å². The standard InChI is InChI=1S/C25H27N11/c1-34-5-7-35(8-6-34)21-4-2-3-17-24(21)31-25(30-17)23-16-9-18(28-11-19(16)32-33-23)20-10-27-12-22(29-20)36-13-15(26)14-36/h2-4,9-12,15H,5-8,13-14,26H2,1H3,(H,30,31)(H,32,33). The average Bonchev–Trinajstić information content (AvgIpc) is 3.51. The van der Waals surface area contributed by atoms with Crippen molar-refractivity contribution in [2.45, 2.75) is 6.04 Å². The van der Waals surface area contributed by atoms with E-state index in [4.69, 9.17) is 15.7 Å². The predicted molar refractivity (Wildman–Crippen MR) is 140 cm³/mol. The molecule has 182 valence electrons. The molecular formula is C25H27N11. The summed E-state index contributed by atoms with van der Waals surface area (Å²) in [6.45, 7) is 5.64. The van der Waals surface area contributed by atoms with Crippen LogP contribution in [0.4, 0.5) is 11.5 Å². The third-order valence-electron chi connectivity index (χ3n) is 7.12. The van der Waals surface area contributed by atoms with E-state index in [-0.39, 0.29) is 6.04 Å². The number of nitrogens with one attached hydrogen (secondary N) is 2. The van der Waals surface area contributed by atoms with E-state index in [1.54, 1.807) is 18.6 Å². The molecule has 7 rings (SSSR count). The van der Waals surface area contributed by atoms with Crippen molar-refractivity contribution in [3.05, 3.63) is 42.9 Å². The Balaban J connectivity index is 1.26. The van der Waals surface area contributed by atoms with Gasteiger partial charge in [0, 0.05) is 50.7 Å². The Kier molecular flexibility index (Phi) is 4.86. The lowest BCUT2D eigenvalue weighted by molar-refractivity contribution is 0.313. The van der Waals surface area contributed by atoms with Crippen LogP contribution in [0.2, 0.25) is 0 Å². The average molecular weight is 482 g/mol. The highest BCUT2D eigenvalue weighted by molar-refractivity contribution is 5.96. The second-order valence-electron chi connectivity index (χ2n) is 9.66. The van der Waals surface area contributed by atoms with Crippen LogP contribution >= 0.6 is 0 Å². The van der Waals surface area contributed by atoms with Crippen LogP contribution in [0.15, 0.2) is 42.9 Å². The second-order valence-corrected chi connectivity index (χ2v) is 9.66. The van der Waals surface area contributed by atoms with Crippen molar-refractivity contribution in [3.63, 3.8) is 0 Å². The summed E-state index contributed by atoms with van der Waals surface area (Å²) >= 11 is 0. The van der Waals surface area contributed by atoms with Crippen LogP contribution < -0.4 is 15.5 Å². The summed E-state index contributed by atoms with van der Waals surface area (Å²) in [7, 11) is 2.17. The van der Waals surface area contributed by atoms with Crippen LogP contribution in [-0.4, -0.2) is 92.4 Å². The number of nitrogens with two attached hydrogens (primary N) is 1. The number of H-pyrrole nitrogens is 2. The number of hydrogen-bond donors (Lipinski definition) is 3. The topological polar surface area (TPSA) is 132 Å². The zero-order valence-corrected chi connectivity index (χ0v) is 20.0. The normalized spacial score (nSPS) is 17.3. The van der Waals surface area contributed by atoms with E-state index in [2.05, 4.69) is 65.1 Å². The minimum absolute atomic E-state index is 0.194. The largest absolute Gasteiger partial charge is 0.367 e. The number of aromatic amines is 2. The van der Waals surface area contributed by atoms with Gasteiger partial charge in [-0.25, -0.2) is 9.97 Å². The first-order chi connectivity index (χ1) is 17.6. The molecule has 11 nitrogen and oxygen atoms in total. The van der Waals surface area contributed by atoms with Crippen LogP contribution in [0, 0.1) is 0 Å². The summed E-state index contributed by atoms with van der Waals surface area (Å²) in [4.78, 5) is 29.2. The molecule has 4 aromatic heterocycles. The molecule has 1 aromatic carbocycles. The van der Waals surface area contributed by atoms with Crippen LogP contribution in [0.5, 0.6) is 0 Å². The van der Waals surface area contributed by atoms with Gasteiger partial charge >= 0.3 is 0 Å². The van der Waals surface area contributed by atoms with Gasteiger partial charge in [-0.1, -0.05) is 6.07 Å². The monoisotopic (exact) mass is 481 g/mol. The number of pyridine rings is 1. The molecule has 0 saturated carbocycles. The van der Waals surface area contributed by atoms with E-state index in [9.17, 15) is 0 Å². The highest BCUT2D eigenvalue weighted by Crippen LogP contribution is 2.32. The molecule has 36 heavy (non-hydrogen) atoms. The molecule has 11 heteroatoms. The Morgan fingerprint density at radius 3 is 2.64 bits per heavy atom. The molecule has 2 fully saturated rings. The number of rotatable bonds is 4. The fraction of sp³-hybridized carbons (Fsp3) is 0.320. The van der Waals surface area contributed by atoms with Gasteiger partial charge in [0.05, 0.1) is 41.0 Å². The van der Waals surface area contributed by atoms with Gasteiger partial charge in [-0.3, -0.25) is 15.1 Å². The van der Waals surface area contributed by atoms with Crippen molar-refractivity contribution >= 4 is 33.4 Å². The molecule has 0 atom stereocenters. The SMILES string of the molecule is CN1CCN(c2cccc3[nH]c(-c4n[nH]c5cnc(-c6cncc(N7CC(N)C7)n6)cc45)nc23)CC1. The summed E-state index contributed by atoms with van der Waals surface area (Å²) in [5, 5.41) is 8.61. The Bertz CT molecular complexity index is 1560. The van der Waals surface area contributed by atoms with E-state index in [1.165, 1.54) is 0 Å². The van der Waals surface area contributed by atoms with Gasteiger partial charge in [0.1, 0.15) is 22.7 Å². The van der Waals surface area contributed by atoms with E-state index >= 15 is 0 Å². The van der Waals surface area contributed by atoms with Gasteiger partial charge in [0.15, 0.2) is 5.82 Å². The molecule has 0 radical (unpaired) electrons. The molecule has 0 spiro atoms. The zero-order valence-electron chi connectivity index (χ0n) is 20.0. The van der Waals surface area contributed by atoms with Crippen molar-refractivity contribution in [3.8, 4) is 22.9 Å². The summed E-state index contributed by atoms with van der Waals surface area (Å²) in [5.74, 6) is 1.54. The van der Waals surface area contributed by atoms with E-state index < -0.39 is 0 Å². The van der Waals surface area contributed by atoms with E-state index in [0.717, 1.165) is 89.9 Å². The van der Waals surface area contributed by atoms with Gasteiger partial charge in [0.25, 0.3) is 0 Å². The second kappa shape index (κ2) is 8.25. The van der Waals surface area contributed by atoms with Gasteiger partial charge in [-0.15, -0.1) is 0 Å². The molecule has 2 aliphatic rings. The fourth-order valence-electron chi connectivity index (χ4n) is 5.00. The highest BCUT2D eigenvalue weighted by atomic mass is 15.3. The molecule has 5 aromatic rings. The van der Waals surface area contributed by atoms with Crippen molar-refractivity contribution in [1.29, 1.82) is 0 Å². The van der Waals surface area contributed by atoms with Gasteiger partial charge in [-0.05, 0) is 25.2 Å². The number of hydrogen-bond acceptors (Lipinski definition) is 9. The number of nitrogens with zero attached hydrogens (tertiary/aromatic N) is 8. The van der Waals surface area contributed by atoms with Crippen LogP contribution in [0.3, 0.4) is 0 Å². The van der Waals surface area contributed by atoms with Crippen molar-refractivity contribution < 1.29 is 0 Å². The molecule has 0 amide bonds. The summed E-state index contributed by atoms with van der Waals surface area (Å²) in [6.07, 6.45) is 5.29. The maximum absolute atomic E-state index is 5.94. The Morgan fingerprint density at radius 2 is 1.81 bits per heavy atom. The number of anilines is 2. The minimum Gasteiger partial charge on any atom is -0.367 e. The van der Waals surface area contributed by atoms with Crippen molar-refractivity contribution in [1.82, 2.24) is 40.0 Å². The number of piperazine rings is 1. The Labute approximate surface area is 207 Å². The third kappa shape index (κ3) is 3.55. The number of fused-ring (bicyclic) bond motifs is 2. The lowest BCUT2D eigenvalue weighted by Crippen LogP contribution is -2.56. The Morgan fingerprint density at radius 1 is 0.944 bits per heavy atom. The minimum atomic E-state index is 0.194. The quantitative estimate of drug-likeness (QED) is 0.352. The number of likely N-dealkylation sites (N-methyl/N-ethyl adjacent to an activating group) is 1. The maximum atomic E-state index is 5.94. The maximum Gasteiger partial charge on any atom is 0.159 e. The Hall–Kier alpha value is -4.09. The smallest absolute Gasteiger partial charge is 0.159 e. The molecular weight excluding hydrogens is 454 g/mol. The molecule has 0 bridgehead atoms. The molecule has 0 unspecified atom stereocenters. The number of benzene rings is 1. The van der Waals surface area contributed by atoms with Gasteiger partial charge < -0.3 is 25.4 Å². The molecule has 4 N–H and O–H groups in total. The molecule has 6 heterocycles. The van der Waals surface area contributed by atoms with Crippen LogP contribution in [0.1, 0.15) is 0 Å². The number of imidazole rings is 1. The summed E-state index contributed by atoms with van der Waals surface area (Å²) < 4.78 is 0. The highest BCUT2D eigenvalue weighted by Gasteiger charge is 2.25. The third-order valence-corrected chi connectivity index (χ3v) is 7.12. The van der Waals surface area contributed by atoms with Gasteiger partial charge in [0.2, 0.25) is 0 Å². The number of aromatic nitrogens is 7. The lowest BCUT2D eigenvalue weighted by Gasteiger charge is -2.37. The zero-order chi connectivity index (χ0) is 24.2. The first kappa shape index (κ1) is 21.2. The molecule has 2 aliphatic heterocycles. The number of para-hydroxylation sites is 1. The van der Waals surface area contributed by atoms with E-state index in [1.807, 2.05) is 6.07 Å². The first-order valence-electron chi connectivity index (χ1n) is 12.2. The van der Waals surface area contributed by atoms with Crippen molar-refractivity contribution in [2.75, 3.05) is 56.1 Å². The lowest BCUT2D eigenvalue weighted by atomic mass is 10.1. The van der Waals surface area contributed by atoms with Gasteiger partial charge in [-0.2, -0.15) is 5.10 Å². The first-order valence-corrected chi connectivity index (χ1v) is 12.2. The fourth-order valence-corrected chi connectivity index (χ4v) is 5.00. The summed E-state index contributed by atoms with van der Waals surface area (Å²) in [5.41, 5.74) is 12.1. The molecule has 2 saturated heterocycles. The predicted octanol–water partition coefficient (Wildman–Crippen LogP) is 1.86. The summed E-state index contributed by atoms with van der Waals surface area (Å²) in [6, 6.07) is 8.49. The molecule has 0 aliphatic carbocycles.